The third kappa shape index (κ3) is 2.09. The molecule has 0 saturated carbocycles. The first-order valence-electron chi connectivity index (χ1n) is 9.19. The number of cyclic esters (lactones) is 1. The van der Waals surface area contributed by atoms with Crippen molar-refractivity contribution in [3.8, 4) is 11.4 Å². The van der Waals surface area contributed by atoms with Crippen molar-refractivity contribution in [3.05, 3.63) is 69.5 Å². The second-order valence-electron chi connectivity index (χ2n) is 7.26. The van der Waals surface area contributed by atoms with Crippen LogP contribution in [0.4, 0.5) is 0 Å². The van der Waals surface area contributed by atoms with E-state index in [9.17, 15) is 14.7 Å². The number of ether oxygens (including phenoxy) is 1. The monoisotopic (exact) mass is 374 g/mol. The molecule has 0 radical (unpaired) electrons. The molecule has 0 saturated heterocycles. The van der Waals surface area contributed by atoms with Crippen LogP contribution in [0, 0.1) is 0 Å². The van der Waals surface area contributed by atoms with Crippen molar-refractivity contribution >= 4 is 22.9 Å². The maximum atomic E-state index is 13.1. The lowest BCUT2D eigenvalue weighted by molar-refractivity contribution is -0.172. The molecule has 140 valence electrons. The van der Waals surface area contributed by atoms with Crippen molar-refractivity contribution in [2.75, 3.05) is 0 Å². The summed E-state index contributed by atoms with van der Waals surface area (Å²) in [5, 5.41) is 11.9. The summed E-state index contributed by atoms with van der Waals surface area (Å²) >= 11 is 0. The van der Waals surface area contributed by atoms with Crippen LogP contribution in [-0.4, -0.2) is 20.6 Å². The van der Waals surface area contributed by atoms with Gasteiger partial charge in [0.1, 0.15) is 6.61 Å². The number of nitrogens with zero attached hydrogens (tertiary/aromatic N) is 2. The molecule has 5 rings (SSSR count). The molecule has 6 heteroatoms. The van der Waals surface area contributed by atoms with Crippen LogP contribution in [0.1, 0.15) is 35.6 Å². The number of aliphatic hydroxyl groups is 1. The van der Waals surface area contributed by atoms with Crippen LogP contribution >= 0.6 is 0 Å². The minimum Gasteiger partial charge on any atom is -0.458 e. The Morgan fingerprint density at radius 1 is 1.32 bits per heavy atom. The molecule has 2 aliphatic rings. The highest BCUT2D eigenvalue weighted by Gasteiger charge is 2.45. The molecule has 1 aromatic carbocycles. The number of esters is 1. The molecule has 3 aromatic rings. The van der Waals surface area contributed by atoms with E-state index in [-0.39, 0.29) is 18.6 Å². The Bertz CT molecular complexity index is 1260. The minimum absolute atomic E-state index is 0.121. The zero-order chi connectivity index (χ0) is 19.6. The van der Waals surface area contributed by atoms with Crippen molar-refractivity contribution < 1.29 is 14.6 Å². The molecule has 2 aliphatic heterocycles. The van der Waals surface area contributed by atoms with E-state index in [0.717, 1.165) is 22.0 Å². The number of fused-ring (bicyclic) bond motifs is 5. The second-order valence-corrected chi connectivity index (χ2v) is 7.26. The normalized spacial score (nSPS) is 19.7. The van der Waals surface area contributed by atoms with Crippen LogP contribution in [0.15, 0.2) is 41.7 Å². The van der Waals surface area contributed by atoms with Gasteiger partial charge in [0.15, 0.2) is 5.60 Å². The van der Waals surface area contributed by atoms with E-state index in [1.54, 1.807) is 23.6 Å². The van der Waals surface area contributed by atoms with E-state index in [0.29, 0.717) is 29.1 Å². The van der Waals surface area contributed by atoms with Crippen LogP contribution in [0.2, 0.25) is 0 Å². The van der Waals surface area contributed by atoms with E-state index in [1.807, 2.05) is 24.3 Å². The Morgan fingerprint density at radius 3 is 2.89 bits per heavy atom. The highest BCUT2D eigenvalue weighted by atomic mass is 16.6. The zero-order valence-corrected chi connectivity index (χ0v) is 15.4. The summed E-state index contributed by atoms with van der Waals surface area (Å²) in [5.74, 6) is -0.714. The number of hydrogen-bond acceptors (Lipinski definition) is 5. The third-order valence-corrected chi connectivity index (χ3v) is 5.77. The van der Waals surface area contributed by atoms with Gasteiger partial charge in [-0.25, -0.2) is 9.78 Å². The predicted molar refractivity (Wildman–Crippen MR) is 105 cm³/mol. The first-order chi connectivity index (χ1) is 13.5. The molecule has 0 fully saturated rings. The average molecular weight is 374 g/mol. The van der Waals surface area contributed by atoms with Crippen molar-refractivity contribution in [3.63, 3.8) is 0 Å². The maximum absolute atomic E-state index is 13.1. The highest BCUT2D eigenvalue weighted by molar-refractivity contribution is 5.87. The van der Waals surface area contributed by atoms with Gasteiger partial charge in [0.25, 0.3) is 5.56 Å². The van der Waals surface area contributed by atoms with Gasteiger partial charge in [0.2, 0.25) is 0 Å². The molecule has 0 aliphatic carbocycles. The zero-order valence-electron chi connectivity index (χ0n) is 15.4. The van der Waals surface area contributed by atoms with Crippen molar-refractivity contribution in [2.24, 2.45) is 0 Å². The molecule has 4 heterocycles. The SMILES string of the molecule is C=Cc1ccc2nc3c(cc2c1)Cn1c-3cc2c(c1=O)COC(=O)[C@]2(O)CC. The van der Waals surface area contributed by atoms with E-state index in [2.05, 4.69) is 6.58 Å². The van der Waals surface area contributed by atoms with E-state index < -0.39 is 11.6 Å². The van der Waals surface area contributed by atoms with Gasteiger partial charge in [-0.3, -0.25) is 4.79 Å². The van der Waals surface area contributed by atoms with Crippen LogP contribution < -0.4 is 5.56 Å². The minimum atomic E-state index is -1.80. The molecular formula is C22H18N2O4. The molecule has 1 atom stereocenters. The van der Waals surface area contributed by atoms with Gasteiger partial charge < -0.3 is 14.4 Å². The molecular weight excluding hydrogens is 356 g/mol. The lowest BCUT2D eigenvalue weighted by Crippen LogP contribution is -2.44. The lowest BCUT2D eigenvalue weighted by Gasteiger charge is -2.31. The number of carbonyl (C=O) groups is 1. The summed E-state index contributed by atoms with van der Waals surface area (Å²) in [7, 11) is 0. The number of pyridine rings is 2. The Hall–Kier alpha value is -3.25. The number of carbonyl (C=O) groups excluding carboxylic acids is 1. The van der Waals surface area contributed by atoms with Crippen LogP contribution in [0.3, 0.4) is 0 Å². The Morgan fingerprint density at radius 2 is 2.14 bits per heavy atom. The van der Waals surface area contributed by atoms with Gasteiger partial charge in [-0.15, -0.1) is 0 Å². The summed E-state index contributed by atoms with van der Waals surface area (Å²) in [5.41, 5.74) is 2.68. The smallest absolute Gasteiger partial charge is 0.343 e. The summed E-state index contributed by atoms with van der Waals surface area (Å²) in [6, 6.07) is 9.63. The van der Waals surface area contributed by atoms with Gasteiger partial charge in [-0.2, -0.15) is 0 Å². The maximum Gasteiger partial charge on any atom is 0.343 e. The van der Waals surface area contributed by atoms with Crippen LogP contribution in [0.25, 0.3) is 28.4 Å². The predicted octanol–water partition coefficient (Wildman–Crippen LogP) is 2.72. The Balaban J connectivity index is 1.77. The van der Waals surface area contributed by atoms with Gasteiger partial charge in [-0.05, 0) is 36.2 Å². The first kappa shape index (κ1) is 16.9. The molecule has 0 spiro atoms. The molecule has 6 nitrogen and oxygen atoms in total. The molecule has 1 N–H and O–H groups in total. The Labute approximate surface area is 160 Å². The summed E-state index contributed by atoms with van der Waals surface area (Å²) in [6.45, 7) is 5.77. The van der Waals surface area contributed by atoms with Gasteiger partial charge in [0, 0.05) is 16.5 Å². The molecule has 2 aromatic heterocycles. The first-order valence-corrected chi connectivity index (χ1v) is 9.19. The number of rotatable bonds is 2. The van der Waals surface area contributed by atoms with Crippen LogP contribution in [0.5, 0.6) is 0 Å². The van der Waals surface area contributed by atoms with Crippen molar-refractivity contribution in [1.29, 1.82) is 0 Å². The fraction of sp³-hybridized carbons (Fsp3) is 0.227. The lowest BCUT2D eigenvalue weighted by atomic mass is 9.86. The fourth-order valence-electron chi connectivity index (χ4n) is 4.13. The van der Waals surface area contributed by atoms with E-state index in [4.69, 9.17) is 9.72 Å². The molecule has 28 heavy (non-hydrogen) atoms. The largest absolute Gasteiger partial charge is 0.458 e. The van der Waals surface area contributed by atoms with E-state index in [1.165, 1.54) is 0 Å². The average Bonchev–Trinajstić information content (AvgIpc) is 3.07. The number of benzene rings is 1. The standard InChI is InChI=1S/C22H18N2O4/c1-3-12-5-6-17-13(7-12)8-14-10-24-18(19(14)23-17)9-16-15(20(24)25)11-28-21(26)22(16,27)4-2/h3,5-9,27H,1,4,10-11H2,2H3/t22-/m0/s1. The van der Waals surface area contributed by atoms with E-state index >= 15 is 0 Å². The van der Waals surface area contributed by atoms with Gasteiger partial charge in [0.05, 0.1) is 29.0 Å². The Kier molecular flexibility index (Phi) is 3.39. The van der Waals surface area contributed by atoms with Crippen LogP contribution in [-0.2, 0) is 28.3 Å². The molecule has 0 amide bonds. The molecule has 0 bridgehead atoms. The van der Waals surface area contributed by atoms with Crippen molar-refractivity contribution in [2.45, 2.75) is 32.1 Å². The summed E-state index contributed by atoms with van der Waals surface area (Å²) in [4.78, 5) is 30.1. The quantitative estimate of drug-likeness (QED) is 0.546. The van der Waals surface area contributed by atoms with Gasteiger partial charge >= 0.3 is 5.97 Å². The van der Waals surface area contributed by atoms with Crippen molar-refractivity contribution in [1.82, 2.24) is 9.55 Å². The number of hydrogen-bond donors (Lipinski definition) is 1. The highest BCUT2D eigenvalue weighted by Crippen LogP contribution is 2.38. The molecule has 0 unspecified atom stereocenters. The van der Waals surface area contributed by atoms with Gasteiger partial charge in [-0.1, -0.05) is 25.6 Å². The summed E-state index contributed by atoms with van der Waals surface area (Å²) < 4.78 is 6.73. The topological polar surface area (TPSA) is 81.4 Å². The third-order valence-electron chi connectivity index (χ3n) is 5.77. The fourth-order valence-corrected chi connectivity index (χ4v) is 4.13. The number of aromatic nitrogens is 2. The summed E-state index contributed by atoms with van der Waals surface area (Å²) in [6.07, 6.45) is 1.91. The second kappa shape index (κ2) is 5.62.